The molecular weight excluding hydrogens is 482 g/mol. The number of β-lactam (4-membered cyclic amide) rings is 1. The van der Waals surface area contributed by atoms with Crippen LogP contribution in [0.1, 0.15) is 17.3 Å². The van der Waals surface area contributed by atoms with E-state index in [2.05, 4.69) is 4.98 Å². The minimum atomic E-state index is -0.935. The molecule has 38 heavy (non-hydrogen) atoms. The van der Waals surface area contributed by atoms with E-state index in [-0.39, 0.29) is 6.61 Å². The van der Waals surface area contributed by atoms with Crippen molar-refractivity contribution in [2.24, 2.45) is 0 Å². The molecule has 2 aliphatic rings. The first-order valence-corrected chi connectivity index (χ1v) is 12.2. The number of aromatic nitrogens is 1. The molecule has 8 nitrogen and oxygen atoms in total. The molecule has 0 bridgehead atoms. The van der Waals surface area contributed by atoms with E-state index < -0.39 is 36.2 Å². The molecule has 3 aromatic carbocycles. The molecule has 0 saturated carbocycles. The number of carbonyl (C=O) groups excluding carboxylic acids is 3. The highest BCUT2D eigenvalue weighted by atomic mass is 16.6. The summed E-state index contributed by atoms with van der Waals surface area (Å²) in [4.78, 5) is 46.3. The Morgan fingerprint density at radius 1 is 0.921 bits per heavy atom. The SMILES string of the molecule is O=C(Oc1ccccc1)N1C(=O)[C@H](N2C(=O)OCC2c2ccccc2)[C@H]1/C=C/c1cc2ccccc2cn1. The summed E-state index contributed by atoms with van der Waals surface area (Å²) in [6, 6.07) is 25.5. The van der Waals surface area contributed by atoms with Gasteiger partial charge in [-0.2, -0.15) is 0 Å². The van der Waals surface area contributed by atoms with Gasteiger partial charge in [0.25, 0.3) is 5.91 Å². The third kappa shape index (κ3) is 4.26. The van der Waals surface area contributed by atoms with Gasteiger partial charge >= 0.3 is 12.2 Å². The van der Waals surface area contributed by atoms with Gasteiger partial charge in [0, 0.05) is 11.6 Å². The van der Waals surface area contributed by atoms with Crippen LogP contribution in [0, 0.1) is 0 Å². The van der Waals surface area contributed by atoms with Crippen LogP contribution < -0.4 is 4.74 Å². The Labute approximate surface area is 218 Å². The number of fused-ring (bicyclic) bond motifs is 1. The molecule has 2 aliphatic heterocycles. The number of para-hydroxylation sites is 1. The molecule has 0 spiro atoms. The smallest absolute Gasteiger partial charge is 0.422 e. The number of hydrogen-bond acceptors (Lipinski definition) is 6. The van der Waals surface area contributed by atoms with E-state index in [1.165, 1.54) is 4.90 Å². The molecule has 8 heteroatoms. The van der Waals surface area contributed by atoms with Gasteiger partial charge in [-0.3, -0.25) is 14.7 Å². The summed E-state index contributed by atoms with van der Waals surface area (Å²) in [6.45, 7) is 0.115. The Balaban J connectivity index is 1.33. The lowest BCUT2D eigenvalue weighted by Crippen LogP contribution is -2.72. The van der Waals surface area contributed by atoms with Crippen molar-refractivity contribution in [3.8, 4) is 5.75 Å². The number of rotatable bonds is 5. The van der Waals surface area contributed by atoms with E-state index >= 15 is 0 Å². The average molecular weight is 506 g/mol. The predicted molar refractivity (Wildman–Crippen MR) is 140 cm³/mol. The Kier molecular flexibility index (Phi) is 6.05. The summed E-state index contributed by atoms with van der Waals surface area (Å²) < 4.78 is 10.8. The summed E-state index contributed by atoms with van der Waals surface area (Å²) in [5, 5.41) is 2.01. The van der Waals surface area contributed by atoms with Crippen molar-refractivity contribution in [2.45, 2.75) is 18.1 Å². The van der Waals surface area contributed by atoms with Crippen molar-refractivity contribution >= 4 is 34.9 Å². The molecule has 3 amide bonds. The number of ether oxygens (including phenoxy) is 2. The van der Waals surface area contributed by atoms with Crippen molar-refractivity contribution in [1.82, 2.24) is 14.8 Å². The normalized spacial score (nSPS) is 21.0. The molecule has 2 fully saturated rings. The van der Waals surface area contributed by atoms with Crippen LogP contribution >= 0.6 is 0 Å². The van der Waals surface area contributed by atoms with Gasteiger partial charge in [0.15, 0.2) is 0 Å². The number of nitrogens with zero attached hydrogens (tertiary/aromatic N) is 3. The molecule has 4 aromatic rings. The predicted octanol–water partition coefficient (Wildman–Crippen LogP) is 5.22. The van der Waals surface area contributed by atoms with Crippen LogP contribution in [0.3, 0.4) is 0 Å². The van der Waals surface area contributed by atoms with E-state index in [1.807, 2.05) is 60.7 Å². The first kappa shape index (κ1) is 23.4. The maximum absolute atomic E-state index is 13.4. The first-order chi connectivity index (χ1) is 18.6. The molecule has 3 heterocycles. The number of benzene rings is 3. The second-order valence-electron chi connectivity index (χ2n) is 9.05. The largest absolute Gasteiger partial charge is 0.447 e. The monoisotopic (exact) mass is 505 g/mol. The number of pyridine rings is 1. The van der Waals surface area contributed by atoms with E-state index in [0.717, 1.165) is 21.2 Å². The molecule has 0 N–H and O–H groups in total. The number of carbonyl (C=O) groups is 3. The lowest BCUT2D eigenvalue weighted by Gasteiger charge is -2.47. The molecule has 0 radical (unpaired) electrons. The van der Waals surface area contributed by atoms with Gasteiger partial charge in [-0.25, -0.2) is 14.5 Å². The Hall–Kier alpha value is -4.98. The molecule has 3 atom stereocenters. The van der Waals surface area contributed by atoms with Crippen molar-refractivity contribution in [3.63, 3.8) is 0 Å². The van der Waals surface area contributed by atoms with Gasteiger partial charge < -0.3 is 9.47 Å². The highest BCUT2D eigenvalue weighted by Crippen LogP contribution is 2.37. The third-order valence-electron chi connectivity index (χ3n) is 6.77. The van der Waals surface area contributed by atoms with Gasteiger partial charge in [0.1, 0.15) is 18.4 Å². The quantitative estimate of drug-likeness (QED) is 0.346. The van der Waals surface area contributed by atoms with Crippen molar-refractivity contribution in [2.75, 3.05) is 6.61 Å². The van der Waals surface area contributed by atoms with E-state index in [4.69, 9.17) is 9.47 Å². The van der Waals surface area contributed by atoms with Crippen LogP contribution in [-0.4, -0.2) is 51.6 Å². The van der Waals surface area contributed by atoms with E-state index in [1.54, 1.807) is 48.7 Å². The second-order valence-corrected chi connectivity index (χ2v) is 9.05. The van der Waals surface area contributed by atoms with E-state index in [0.29, 0.717) is 11.4 Å². The minimum absolute atomic E-state index is 0.115. The summed E-state index contributed by atoms with van der Waals surface area (Å²) in [5.74, 6) is -0.220. The molecule has 2 saturated heterocycles. The average Bonchev–Trinajstić information content (AvgIpc) is 3.32. The standard InChI is InChI=1S/C30H23N3O5/c34-28-27(32-26(19-37-29(32)35)20-9-3-1-4-10-20)25(33(28)30(36)38-24-13-5-2-6-14-24)16-15-23-17-21-11-7-8-12-22(21)18-31-23/h1-18,25-27H,19H2/b16-15+/t25-,26?,27-/m1/s1. The maximum Gasteiger partial charge on any atom is 0.422 e. The fourth-order valence-corrected chi connectivity index (χ4v) is 4.88. The van der Waals surface area contributed by atoms with Crippen molar-refractivity contribution in [3.05, 3.63) is 115 Å². The molecular formula is C30H23N3O5. The third-order valence-corrected chi connectivity index (χ3v) is 6.77. The Morgan fingerprint density at radius 3 is 2.37 bits per heavy atom. The topological polar surface area (TPSA) is 89.0 Å². The molecule has 1 aromatic heterocycles. The van der Waals surface area contributed by atoms with E-state index in [9.17, 15) is 14.4 Å². The van der Waals surface area contributed by atoms with Crippen LogP contribution in [0.5, 0.6) is 5.75 Å². The summed E-state index contributed by atoms with van der Waals surface area (Å²) in [6.07, 6.45) is 3.81. The zero-order chi connectivity index (χ0) is 26.1. The maximum atomic E-state index is 13.4. The molecule has 1 unspecified atom stereocenters. The summed E-state index contributed by atoms with van der Waals surface area (Å²) in [7, 11) is 0. The zero-order valence-electron chi connectivity index (χ0n) is 20.2. The van der Waals surface area contributed by atoms with Crippen LogP contribution in [0.25, 0.3) is 16.8 Å². The lowest BCUT2D eigenvalue weighted by molar-refractivity contribution is -0.150. The number of amides is 3. The van der Waals surface area contributed by atoms with Crippen molar-refractivity contribution < 1.29 is 23.9 Å². The Morgan fingerprint density at radius 2 is 1.61 bits per heavy atom. The van der Waals surface area contributed by atoms with Gasteiger partial charge in [0.05, 0.1) is 17.8 Å². The van der Waals surface area contributed by atoms with Crippen LogP contribution in [-0.2, 0) is 9.53 Å². The summed E-state index contributed by atoms with van der Waals surface area (Å²) in [5.41, 5.74) is 1.50. The number of cyclic esters (lactones) is 1. The van der Waals surface area contributed by atoms with Crippen LogP contribution in [0.15, 0.2) is 103 Å². The second kappa shape index (κ2) is 9.82. The fourth-order valence-electron chi connectivity index (χ4n) is 4.88. The zero-order valence-corrected chi connectivity index (χ0v) is 20.2. The highest BCUT2D eigenvalue weighted by Gasteiger charge is 2.58. The fraction of sp³-hybridized carbons (Fsp3) is 0.133. The number of imide groups is 1. The molecule has 188 valence electrons. The van der Waals surface area contributed by atoms with Crippen LogP contribution in [0.4, 0.5) is 9.59 Å². The highest BCUT2D eigenvalue weighted by molar-refractivity contribution is 6.04. The molecule has 0 aliphatic carbocycles. The lowest BCUT2D eigenvalue weighted by atomic mass is 9.91. The van der Waals surface area contributed by atoms with Gasteiger partial charge in [-0.05, 0) is 35.2 Å². The van der Waals surface area contributed by atoms with Crippen molar-refractivity contribution in [1.29, 1.82) is 0 Å². The number of hydrogen-bond donors (Lipinski definition) is 0. The Bertz CT molecular complexity index is 1540. The van der Waals surface area contributed by atoms with Crippen LogP contribution in [0.2, 0.25) is 0 Å². The van der Waals surface area contributed by atoms with Gasteiger partial charge in [-0.15, -0.1) is 0 Å². The van der Waals surface area contributed by atoms with Gasteiger partial charge in [-0.1, -0.05) is 78.9 Å². The molecule has 6 rings (SSSR count). The van der Waals surface area contributed by atoms with Gasteiger partial charge in [0.2, 0.25) is 0 Å². The first-order valence-electron chi connectivity index (χ1n) is 12.2. The summed E-state index contributed by atoms with van der Waals surface area (Å²) >= 11 is 0. The minimum Gasteiger partial charge on any atom is -0.447 e. The number of likely N-dealkylation sites (tertiary alicyclic amines) is 1.